The summed E-state index contributed by atoms with van der Waals surface area (Å²) in [5.41, 5.74) is 4.44. The number of aromatic amines is 1. The molecule has 162 valence electrons. The van der Waals surface area contributed by atoms with Crippen LogP contribution in [0.2, 0.25) is 0 Å². The maximum absolute atomic E-state index is 12.2. The first-order valence-electron chi connectivity index (χ1n) is 9.92. The lowest BCUT2D eigenvalue weighted by Gasteiger charge is -2.09. The third-order valence-electron chi connectivity index (χ3n) is 4.23. The van der Waals surface area contributed by atoms with E-state index in [0.717, 1.165) is 34.3 Å². The topological polar surface area (TPSA) is 98.7 Å². The standard InChI is InChI=1S/C23H28N5O2P/c1-6-9-20(19(8-3)24-10-7-2)27-16(5)26-18-11-15(4)22-17(12-18)13-21(28-22)23(30)31-25-14-29/h6,8-14,26,28,31H,5,7H2,1-4H3,(H,25,29)/b9-6-,19-8-,24-10?,27-20+. The van der Waals surface area contributed by atoms with Gasteiger partial charge in [0.15, 0.2) is 0 Å². The number of nitrogens with one attached hydrogen (secondary N) is 3. The zero-order valence-corrected chi connectivity index (χ0v) is 19.2. The van der Waals surface area contributed by atoms with Crippen LogP contribution in [0.25, 0.3) is 10.9 Å². The van der Waals surface area contributed by atoms with Gasteiger partial charge in [0.2, 0.25) is 11.9 Å². The summed E-state index contributed by atoms with van der Waals surface area (Å²) >= 11 is 0. The molecule has 1 atom stereocenters. The van der Waals surface area contributed by atoms with Crippen molar-refractivity contribution in [3.8, 4) is 0 Å². The molecule has 2 aromatic rings. The molecule has 0 aliphatic heterocycles. The van der Waals surface area contributed by atoms with Gasteiger partial charge in [-0.2, -0.15) is 0 Å². The Morgan fingerprint density at radius 2 is 2.06 bits per heavy atom. The van der Waals surface area contributed by atoms with Crippen LogP contribution in [-0.4, -0.2) is 28.8 Å². The molecule has 0 bridgehead atoms. The van der Waals surface area contributed by atoms with E-state index in [1.807, 2.05) is 64.3 Å². The van der Waals surface area contributed by atoms with E-state index in [4.69, 9.17) is 0 Å². The molecule has 0 saturated heterocycles. The van der Waals surface area contributed by atoms with Gasteiger partial charge in [0.25, 0.3) is 0 Å². The van der Waals surface area contributed by atoms with E-state index in [2.05, 4.69) is 32.0 Å². The number of amides is 1. The number of allylic oxidation sites excluding steroid dienone is 3. The third kappa shape index (κ3) is 6.59. The average molecular weight is 437 g/mol. The summed E-state index contributed by atoms with van der Waals surface area (Å²) in [6, 6.07) is 5.67. The molecule has 1 aromatic carbocycles. The molecule has 8 heteroatoms. The molecule has 0 radical (unpaired) electrons. The predicted octanol–water partition coefficient (Wildman–Crippen LogP) is 5.24. The van der Waals surface area contributed by atoms with E-state index in [0.29, 0.717) is 23.6 Å². The molecule has 0 fully saturated rings. The van der Waals surface area contributed by atoms with E-state index in [-0.39, 0.29) is 14.3 Å². The Labute approximate surface area is 184 Å². The molecule has 0 saturated carbocycles. The van der Waals surface area contributed by atoms with E-state index < -0.39 is 0 Å². The summed E-state index contributed by atoms with van der Waals surface area (Å²) in [6.07, 6.45) is 8.91. The van der Waals surface area contributed by atoms with Gasteiger partial charge in [-0.15, -0.1) is 0 Å². The van der Waals surface area contributed by atoms with Crippen LogP contribution < -0.4 is 10.4 Å². The number of rotatable bonds is 11. The van der Waals surface area contributed by atoms with Gasteiger partial charge >= 0.3 is 0 Å². The van der Waals surface area contributed by atoms with Gasteiger partial charge in [-0.3, -0.25) is 14.6 Å². The molecular weight excluding hydrogens is 409 g/mol. The van der Waals surface area contributed by atoms with Gasteiger partial charge < -0.3 is 15.4 Å². The number of carbonyl (C=O) groups excluding carboxylic acids is 2. The van der Waals surface area contributed by atoms with Crippen molar-refractivity contribution in [3.05, 3.63) is 65.8 Å². The molecule has 1 unspecified atom stereocenters. The number of nitrogens with zero attached hydrogens (tertiary/aromatic N) is 2. The minimum Gasteiger partial charge on any atom is -0.352 e. The normalized spacial score (nSPS) is 13.0. The minimum absolute atomic E-state index is 0.159. The van der Waals surface area contributed by atoms with Crippen LogP contribution >= 0.6 is 8.73 Å². The number of carbonyl (C=O) groups is 2. The highest BCUT2D eigenvalue weighted by molar-refractivity contribution is 7.57. The summed E-state index contributed by atoms with van der Waals surface area (Å²) in [5, 5.41) is 6.52. The highest BCUT2D eigenvalue weighted by Gasteiger charge is 2.12. The van der Waals surface area contributed by atoms with Gasteiger partial charge in [-0.25, -0.2) is 4.99 Å². The van der Waals surface area contributed by atoms with E-state index in [1.54, 1.807) is 6.07 Å². The number of aromatic nitrogens is 1. The second kappa shape index (κ2) is 11.8. The van der Waals surface area contributed by atoms with Crippen LogP contribution in [0.15, 0.2) is 64.5 Å². The summed E-state index contributed by atoms with van der Waals surface area (Å²) in [6.45, 7) is 11.9. The number of benzene rings is 1. The summed E-state index contributed by atoms with van der Waals surface area (Å²) in [5.74, 6) is 0.474. The smallest absolute Gasteiger partial charge is 0.217 e. The second-order valence-corrected chi connectivity index (χ2v) is 7.61. The lowest BCUT2D eigenvalue weighted by Crippen LogP contribution is -2.03. The SMILES string of the molecule is C=C(/N=C(\C=C/C)C(=C/C)/N=CCC)Nc1cc(C)c2[nH]c(C(=O)PNC=O)cc2c1. The molecule has 7 nitrogen and oxygen atoms in total. The molecular formula is C23H28N5O2P. The first-order valence-corrected chi connectivity index (χ1v) is 10.9. The van der Waals surface area contributed by atoms with E-state index in [9.17, 15) is 9.59 Å². The summed E-state index contributed by atoms with van der Waals surface area (Å²) < 4.78 is 0. The fourth-order valence-corrected chi connectivity index (χ4v) is 3.40. The largest absolute Gasteiger partial charge is 0.352 e. The average Bonchev–Trinajstić information content (AvgIpc) is 3.17. The van der Waals surface area contributed by atoms with E-state index in [1.165, 1.54) is 0 Å². The Morgan fingerprint density at radius 3 is 2.71 bits per heavy atom. The van der Waals surface area contributed by atoms with Crippen LogP contribution in [0, 0.1) is 6.92 Å². The zero-order chi connectivity index (χ0) is 22.8. The first kappa shape index (κ1) is 24.0. The number of hydrogen-bond donors (Lipinski definition) is 3. The number of hydrogen-bond acceptors (Lipinski definition) is 5. The number of aryl methyl sites for hydroxylation is 1. The summed E-state index contributed by atoms with van der Waals surface area (Å²) in [4.78, 5) is 34.8. The van der Waals surface area contributed by atoms with Crippen LogP contribution in [0.5, 0.6) is 0 Å². The maximum Gasteiger partial charge on any atom is 0.217 e. The molecule has 0 aliphatic carbocycles. The van der Waals surface area contributed by atoms with Crippen LogP contribution in [0.3, 0.4) is 0 Å². The van der Waals surface area contributed by atoms with Crippen molar-refractivity contribution in [3.63, 3.8) is 0 Å². The molecule has 0 spiro atoms. The highest BCUT2D eigenvalue weighted by atomic mass is 31.1. The van der Waals surface area contributed by atoms with Crippen LogP contribution in [0.1, 0.15) is 43.2 Å². The molecule has 0 aliphatic rings. The quantitative estimate of drug-likeness (QED) is 0.255. The number of anilines is 1. The molecule has 3 N–H and O–H groups in total. The van der Waals surface area contributed by atoms with Crippen molar-refractivity contribution < 1.29 is 9.59 Å². The van der Waals surface area contributed by atoms with Gasteiger partial charge in [0.05, 0.1) is 25.8 Å². The molecule has 2 rings (SSSR count). The minimum atomic E-state index is -0.307. The Hall–Kier alpha value is -3.31. The van der Waals surface area contributed by atoms with Crippen molar-refractivity contribution >= 4 is 49.2 Å². The molecule has 31 heavy (non-hydrogen) atoms. The lowest BCUT2D eigenvalue weighted by atomic mass is 10.1. The van der Waals surface area contributed by atoms with Crippen molar-refractivity contribution in [2.24, 2.45) is 9.98 Å². The summed E-state index contributed by atoms with van der Waals surface area (Å²) in [7, 11) is -0.307. The Bertz CT molecular complexity index is 1090. The fourth-order valence-electron chi connectivity index (χ4n) is 2.94. The lowest BCUT2D eigenvalue weighted by molar-refractivity contribution is -0.108. The monoisotopic (exact) mass is 437 g/mol. The first-order chi connectivity index (χ1) is 14.9. The van der Waals surface area contributed by atoms with Crippen LogP contribution in [-0.2, 0) is 4.79 Å². The van der Waals surface area contributed by atoms with Crippen molar-refractivity contribution in [1.82, 2.24) is 10.1 Å². The van der Waals surface area contributed by atoms with Crippen molar-refractivity contribution in [2.75, 3.05) is 5.32 Å². The Kier molecular flexibility index (Phi) is 9.10. The van der Waals surface area contributed by atoms with Crippen molar-refractivity contribution in [1.29, 1.82) is 0 Å². The molecule has 1 aromatic heterocycles. The van der Waals surface area contributed by atoms with Gasteiger partial charge in [-0.05, 0) is 57.0 Å². The highest BCUT2D eigenvalue weighted by Crippen LogP contribution is 2.27. The van der Waals surface area contributed by atoms with Gasteiger partial charge in [-0.1, -0.05) is 25.7 Å². The van der Waals surface area contributed by atoms with Crippen LogP contribution in [0.4, 0.5) is 5.69 Å². The zero-order valence-electron chi connectivity index (χ0n) is 18.2. The number of aliphatic imine (C=N–C) groups is 2. The van der Waals surface area contributed by atoms with Gasteiger partial charge in [0, 0.05) is 22.8 Å². The number of fused-ring (bicyclic) bond motifs is 1. The Morgan fingerprint density at radius 1 is 1.29 bits per heavy atom. The number of H-pyrrole nitrogens is 1. The van der Waals surface area contributed by atoms with Gasteiger partial charge in [0.1, 0.15) is 5.82 Å². The second-order valence-electron chi connectivity index (χ2n) is 6.62. The molecule has 1 amide bonds. The predicted molar refractivity (Wildman–Crippen MR) is 132 cm³/mol. The third-order valence-corrected chi connectivity index (χ3v) is 4.99. The maximum atomic E-state index is 12.2. The van der Waals surface area contributed by atoms with E-state index >= 15 is 0 Å². The van der Waals surface area contributed by atoms with Crippen molar-refractivity contribution in [2.45, 2.75) is 34.1 Å². The Balaban J connectivity index is 2.29. The fraction of sp³-hybridized carbons (Fsp3) is 0.217. The molecule has 1 heterocycles.